The predicted molar refractivity (Wildman–Crippen MR) is 93.7 cm³/mol. The summed E-state index contributed by atoms with van der Waals surface area (Å²) in [5.74, 6) is 1.03. The molecule has 0 spiro atoms. The summed E-state index contributed by atoms with van der Waals surface area (Å²) in [5.41, 5.74) is 1.60. The second-order valence-electron chi connectivity index (χ2n) is 6.26. The van der Waals surface area contributed by atoms with Gasteiger partial charge in [-0.15, -0.1) is 0 Å². The lowest BCUT2D eigenvalue weighted by Crippen LogP contribution is -2.29. The quantitative estimate of drug-likeness (QED) is 0.777. The first kappa shape index (κ1) is 15.0. The minimum atomic E-state index is -0.137. The van der Waals surface area contributed by atoms with Crippen LogP contribution in [0.3, 0.4) is 0 Å². The Kier molecular flexibility index (Phi) is 3.82. The van der Waals surface area contributed by atoms with Crippen molar-refractivity contribution >= 4 is 22.4 Å². The van der Waals surface area contributed by atoms with Gasteiger partial charge in [0.2, 0.25) is 0 Å². The molecule has 0 radical (unpaired) electrons. The minimum Gasteiger partial charge on any atom is -0.379 e. The number of rotatable bonds is 3. The summed E-state index contributed by atoms with van der Waals surface area (Å²) in [6, 6.07) is 11.8. The number of nitrogens with one attached hydrogen (secondary N) is 2. The normalized spacial score (nSPS) is 21.0. The monoisotopic (exact) mass is 324 g/mol. The van der Waals surface area contributed by atoms with Gasteiger partial charge in [-0.25, -0.2) is 0 Å². The van der Waals surface area contributed by atoms with E-state index in [0.29, 0.717) is 23.7 Å². The number of ether oxygens (including phenoxy) is 1. The van der Waals surface area contributed by atoms with Gasteiger partial charge in [0.15, 0.2) is 5.82 Å². The van der Waals surface area contributed by atoms with Gasteiger partial charge in [0.1, 0.15) is 5.39 Å². The topological polar surface area (TPSA) is 71.9 Å². The van der Waals surface area contributed by atoms with Crippen LogP contribution in [0.2, 0.25) is 0 Å². The third-order valence-electron chi connectivity index (χ3n) is 4.64. The molecule has 3 aromatic rings. The Balaban J connectivity index is 1.83. The van der Waals surface area contributed by atoms with Crippen LogP contribution in [0.15, 0.2) is 47.4 Å². The molecule has 0 aliphatic carbocycles. The van der Waals surface area contributed by atoms with E-state index in [1.807, 2.05) is 41.1 Å². The Morgan fingerprint density at radius 2 is 2.12 bits per heavy atom. The van der Waals surface area contributed by atoms with E-state index in [-0.39, 0.29) is 11.6 Å². The van der Waals surface area contributed by atoms with Gasteiger partial charge in [-0.05, 0) is 30.5 Å². The number of nitrogens with zero attached hydrogens (tertiary/aromatic N) is 2. The number of fused-ring (bicyclic) bond motifs is 1. The lowest BCUT2D eigenvalue weighted by Gasteiger charge is -2.29. The molecule has 1 aliphatic rings. The van der Waals surface area contributed by atoms with Gasteiger partial charge in [0.25, 0.3) is 5.56 Å². The van der Waals surface area contributed by atoms with Crippen LogP contribution in [0.25, 0.3) is 10.9 Å². The average molecular weight is 324 g/mol. The molecular weight excluding hydrogens is 304 g/mol. The van der Waals surface area contributed by atoms with Crippen LogP contribution in [0.4, 0.5) is 11.5 Å². The summed E-state index contributed by atoms with van der Waals surface area (Å²) in [7, 11) is 0. The molecule has 1 aromatic carbocycles. The number of H-pyrrole nitrogens is 1. The van der Waals surface area contributed by atoms with Crippen LogP contribution in [0, 0.1) is 5.92 Å². The molecule has 6 nitrogen and oxygen atoms in total. The molecule has 3 heterocycles. The van der Waals surface area contributed by atoms with Gasteiger partial charge in [-0.2, -0.15) is 5.10 Å². The number of benzene rings is 1. The highest BCUT2D eigenvalue weighted by molar-refractivity contribution is 5.91. The van der Waals surface area contributed by atoms with E-state index in [1.54, 1.807) is 6.20 Å². The molecule has 1 saturated heterocycles. The van der Waals surface area contributed by atoms with Crippen molar-refractivity contribution < 1.29 is 4.74 Å². The highest BCUT2D eigenvalue weighted by atomic mass is 16.5. The molecule has 6 heteroatoms. The number of aromatic amines is 1. The molecule has 2 N–H and O–H groups in total. The highest BCUT2D eigenvalue weighted by Gasteiger charge is 2.27. The number of pyridine rings is 1. The molecule has 0 bridgehead atoms. The van der Waals surface area contributed by atoms with Gasteiger partial charge in [0.05, 0.1) is 18.2 Å². The number of hydrogen-bond donors (Lipinski definition) is 2. The van der Waals surface area contributed by atoms with Crippen LogP contribution in [0.1, 0.15) is 19.4 Å². The number of anilines is 2. The van der Waals surface area contributed by atoms with Crippen LogP contribution in [0.5, 0.6) is 0 Å². The summed E-state index contributed by atoms with van der Waals surface area (Å²) in [6.07, 6.45) is 2.67. The van der Waals surface area contributed by atoms with E-state index in [2.05, 4.69) is 17.2 Å². The molecule has 4 rings (SSSR count). The third kappa shape index (κ3) is 2.59. The van der Waals surface area contributed by atoms with Crippen LogP contribution in [-0.4, -0.2) is 28.0 Å². The summed E-state index contributed by atoms with van der Waals surface area (Å²) in [6.45, 7) is 3.61. The van der Waals surface area contributed by atoms with Gasteiger partial charge in [0, 0.05) is 18.5 Å². The Hall–Kier alpha value is -2.60. The molecular formula is C18H20N4O2. The number of aromatic nitrogens is 3. The molecule has 0 amide bonds. The third-order valence-corrected chi connectivity index (χ3v) is 4.64. The summed E-state index contributed by atoms with van der Waals surface area (Å²) in [5, 5.41) is 8.58. The molecule has 2 aromatic heterocycles. The fourth-order valence-electron chi connectivity index (χ4n) is 3.24. The van der Waals surface area contributed by atoms with E-state index in [1.165, 1.54) is 0 Å². The van der Waals surface area contributed by atoms with E-state index in [9.17, 15) is 4.79 Å². The molecule has 2 unspecified atom stereocenters. The molecule has 2 atom stereocenters. The van der Waals surface area contributed by atoms with Crippen LogP contribution >= 0.6 is 0 Å². The maximum absolute atomic E-state index is 12.4. The average Bonchev–Trinajstić information content (AvgIpc) is 2.96. The second-order valence-corrected chi connectivity index (χ2v) is 6.26. The van der Waals surface area contributed by atoms with Gasteiger partial charge in [-0.3, -0.25) is 9.48 Å². The van der Waals surface area contributed by atoms with Crippen molar-refractivity contribution in [2.24, 2.45) is 5.92 Å². The van der Waals surface area contributed by atoms with Crippen molar-refractivity contribution in [3.05, 3.63) is 52.9 Å². The fraction of sp³-hybridized carbons (Fsp3) is 0.333. The first-order valence-electron chi connectivity index (χ1n) is 8.24. The summed E-state index contributed by atoms with van der Waals surface area (Å²) >= 11 is 0. The largest absolute Gasteiger partial charge is 0.379 e. The Labute approximate surface area is 139 Å². The summed E-state index contributed by atoms with van der Waals surface area (Å²) in [4.78, 5) is 15.1. The standard InChI is InChI=1S/C18H20N4O2/c1-12-8-10-24-11-15(12)22-14-7-9-19-18(23)16(14)17(21-22)20-13-5-3-2-4-6-13/h2-7,9,12,15H,8,10-11H2,1H3,(H,19,23)(H,20,21). The molecule has 1 fully saturated rings. The zero-order chi connectivity index (χ0) is 16.5. The van der Waals surface area contributed by atoms with Crippen LogP contribution in [-0.2, 0) is 4.74 Å². The van der Waals surface area contributed by atoms with E-state index in [4.69, 9.17) is 9.84 Å². The SMILES string of the molecule is CC1CCOCC1n1nc(Nc2ccccc2)c2c(=O)[nH]ccc21. The van der Waals surface area contributed by atoms with Gasteiger partial charge >= 0.3 is 0 Å². The Bertz CT molecular complexity index is 900. The van der Waals surface area contributed by atoms with E-state index >= 15 is 0 Å². The van der Waals surface area contributed by atoms with Crippen molar-refractivity contribution in [3.63, 3.8) is 0 Å². The van der Waals surface area contributed by atoms with Crippen molar-refractivity contribution in [3.8, 4) is 0 Å². The van der Waals surface area contributed by atoms with Crippen molar-refractivity contribution in [2.75, 3.05) is 18.5 Å². The lowest BCUT2D eigenvalue weighted by atomic mass is 9.97. The lowest BCUT2D eigenvalue weighted by molar-refractivity contribution is 0.0255. The summed E-state index contributed by atoms with van der Waals surface area (Å²) < 4.78 is 7.59. The predicted octanol–water partition coefficient (Wildman–Crippen LogP) is 3.07. The Morgan fingerprint density at radius 3 is 2.92 bits per heavy atom. The van der Waals surface area contributed by atoms with Gasteiger partial charge in [-0.1, -0.05) is 25.1 Å². The molecule has 1 aliphatic heterocycles. The zero-order valence-corrected chi connectivity index (χ0v) is 13.5. The maximum atomic E-state index is 12.4. The highest BCUT2D eigenvalue weighted by Crippen LogP contribution is 2.31. The Morgan fingerprint density at radius 1 is 1.29 bits per heavy atom. The van der Waals surface area contributed by atoms with Crippen LogP contribution < -0.4 is 10.9 Å². The van der Waals surface area contributed by atoms with E-state index in [0.717, 1.165) is 24.2 Å². The first-order valence-corrected chi connectivity index (χ1v) is 8.24. The molecule has 0 saturated carbocycles. The number of hydrogen-bond acceptors (Lipinski definition) is 4. The zero-order valence-electron chi connectivity index (χ0n) is 13.5. The minimum absolute atomic E-state index is 0.134. The second kappa shape index (κ2) is 6.13. The smallest absolute Gasteiger partial charge is 0.261 e. The molecule has 124 valence electrons. The van der Waals surface area contributed by atoms with Crippen molar-refractivity contribution in [1.29, 1.82) is 0 Å². The number of para-hydroxylation sites is 1. The van der Waals surface area contributed by atoms with E-state index < -0.39 is 0 Å². The van der Waals surface area contributed by atoms with Crippen molar-refractivity contribution in [2.45, 2.75) is 19.4 Å². The first-order chi connectivity index (χ1) is 11.7. The molecule has 24 heavy (non-hydrogen) atoms. The van der Waals surface area contributed by atoms with Gasteiger partial charge < -0.3 is 15.0 Å². The van der Waals surface area contributed by atoms with Crippen molar-refractivity contribution in [1.82, 2.24) is 14.8 Å². The maximum Gasteiger partial charge on any atom is 0.261 e. The fourth-order valence-corrected chi connectivity index (χ4v) is 3.24.